The number of rotatable bonds is 6. The lowest BCUT2D eigenvalue weighted by molar-refractivity contribution is -0.172. The highest BCUT2D eigenvalue weighted by atomic mass is 16.5. The molecule has 6 heteroatoms. The molecule has 0 spiro atoms. The Morgan fingerprint density at radius 1 is 0.833 bits per heavy atom. The lowest BCUT2D eigenvalue weighted by atomic mass is 9.59. The van der Waals surface area contributed by atoms with Crippen LogP contribution in [-0.2, 0) is 19.1 Å². The Labute approximate surface area is 209 Å². The zero-order valence-corrected chi connectivity index (χ0v) is 20.2. The van der Waals surface area contributed by atoms with Crippen LogP contribution >= 0.6 is 0 Å². The third-order valence-corrected chi connectivity index (χ3v) is 7.38. The van der Waals surface area contributed by atoms with Crippen molar-refractivity contribution >= 4 is 28.6 Å². The van der Waals surface area contributed by atoms with Crippen molar-refractivity contribution in [2.24, 2.45) is 5.41 Å². The normalized spacial score (nSPS) is 18.3. The summed E-state index contributed by atoms with van der Waals surface area (Å²) in [6.07, 6.45) is 0.0630. The summed E-state index contributed by atoms with van der Waals surface area (Å²) < 4.78 is 10.5. The van der Waals surface area contributed by atoms with Crippen molar-refractivity contribution in [2.45, 2.75) is 24.7 Å². The van der Waals surface area contributed by atoms with Crippen LogP contribution in [0.2, 0.25) is 0 Å². The van der Waals surface area contributed by atoms with Crippen LogP contribution in [0.25, 0.3) is 10.9 Å². The SMILES string of the molecule is COC(=O)C1(C(=O)OC)C[C@H](c2ccccc2)c2c([nH]c3ccccc23)[C@H]1CC(=O)c1ccccc1. The summed E-state index contributed by atoms with van der Waals surface area (Å²) in [7, 11) is 2.53. The minimum absolute atomic E-state index is 0.0600. The highest BCUT2D eigenvalue weighted by molar-refractivity contribution is 6.05. The molecule has 4 aromatic rings. The highest BCUT2D eigenvalue weighted by Crippen LogP contribution is 2.56. The number of benzene rings is 3. The Morgan fingerprint density at radius 3 is 2.06 bits per heavy atom. The highest BCUT2D eigenvalue weighted by Gasteiger charge is 2.60. The van der Waals surface area contributed by atoms with Gasteiger partial charge in [-0.05, 0) is 23.6 Å². The Morgan fingerprint density at radius 2 is 1.42 bits per heavy atom. The first kappa shape index (κ1) is 23.5. The molecule has 0 fully saturated rings. The zero-order valence-electron chi connectivity index (χ0n) is 20.2. The van der Waals surface area contributed by atoms with Crippen molar-refractivity contribution in [2.75, 3.05) is 14.2 Å². The summed E-state index contributed by atoms with van der Waals surface area (Å²) >= 11 is 0. The van der Waals surface area contributed by atoms with Crippen molar-refractivity contribution < 1.29 is 23.9 Å². The summed E-state index contributed by atoms with van der Waals surface area (Å²) in [4.78, 5) is 44.1. The lowest BCUT2D eigenvalue weighted by Crippen LogP contribution is -2.50. The van der Waals surface area contributed by atoms with E-state index in [2.05, 4.69) is 4.98 Å². The largest absolute Gasteiger partial charge is 0.468 e. The fraction of sp³-hybridized carbons (Fsp3) is 0.233. The molecule has 0 saturated carbocycles. The third-order valence-electron chi connectivity index (χ3n) is 7.38. The molecule has 36 heavy (non-hydrogen) atoms. The fourth-order valence-electron chi connectivity index (χ4n) is 5.72. The second kappa shape index (κ2) is 9.46. The number of methoxy groups -OCH3 is 2. The van der Waals surface area contributed by atoms with Gasteiger partial charge in [-0.1, -0.05) is 78.9 Å². The van der Waals surface area contributed by atoms with Crippen molar-refractivity contribution in [1.29, 1.82) is 0 Å². The fourth-order valence-corrected chi connectivity index (χ4v) is 5.72. The first-order chi connectivity index (χ1) is 17.5. The number of fused-ring (bicyclic) bond motifs is 3. The van der Waals surface area contributed by atoms with Gasteiger partial charge in [-0.25, -0.2) is 0 Å². The number of ketones is 1. The van der Waals surface area contributed by atoms with Gasteiger partial charge in [-0.3, -0.25) is 14.4 Å². The predicted molar refractivity (Wildman–Crippen MR) is 136 cm³/mol. The number of H-pyrrole nitrogens is 1. The van der Waals surface area contributed by atoms with E-state index in [1.54, 1.807) is 24.3 Å². The van der Waals surface area contributed by atoms with Gasteiger partial charge in [0.25, 0.3) is 0 Å². The van der Waals surface area contributed by atoms with Crippen LogP contribution in [0.4, 0.5) is 0 Å². The van der Waals surface area contributed by atoms with E-state index in [0.29, 0.717) is 11.3 Å². The lowest BCUT2D eigenvalue weighted by Gasteiger charge is -2.42. The molecule has 0 unspecified atom stereocenters. The van der Waals surface area contributed by atoms with E-state index < -0.39 is 23.3 Å². The van der Waals surface area contributed by atoms with Gasteiger partial charge in [-0.2, -0.15) is 0 Å². The van der Waals surface area contributed by atoms with Gasteiger partial charge in [0.1, 0.15) is 0 Å². The number of esters is 2. The molecule has 0 bridgehead atoms. The number of nitrogens with one attached hydrogen (secondary N) is 1. The molecule has 1 N–H and O–H groups in total. The average molecular weight is 482 g/mol. The summed E-state index contributed by atoms with van der Waals surface area (Å²) in [5.74, 6) is -2.66. The monoisotopic (exact) mass is 481 g/mol. The molecule has 3 aromatic carbocycles. The van der Waals surface area contributed by atoms with Crippen LogP contribution in [0.1, 0.15) is 51.9 Å². The van der Waals surface area contributed by atoms with Crippen molar-refractivity contribution in [1.82, 2.24) is 4.98 Å². The molecule has 2 atom stereocenters. The molecule has 6 nitrogen and oxygen atoms in total. The van der Waals surface area contributed by atoms with Crippen molar-refractivity contribution in [3.63, 3.8) is 0 Å². The van der Waals surface area contributed by atoms with Gasteiger partial charge in [0, 0.05) is 40.4 Å². The van der Waals surface area contributed by atoms with E-state index in [9.17, 15) is 14.4 Å². The van der Waals surface area contributed by atoms with Crippen LogP contribution < -0.4 is 0 Å². The summed E-state index contributed by atoms with van der Waals surface area (Å²) in [5, 5.41) is 1.00. The number of hydrogen-bond acceptors (Lipinski definition) is 5. The number of carbonyl (C=O) groups excluding carboxylic acids is 3. The molecule has 1 heterocycles. The first-order valence-corrected chi connectivity index (χ1v) is 11.9. The van der Waals surface area contributed by atoms with Crippen LogP contribution in [-0.4, -0.2) is 36.9 Å². The van der Waals surface area contributed by atoms with Crippen LogP contribution in [0, 0.1) is 5.41 Å². The minimum atomic E-state index is -1.71. The van der Waals surface area contributed by atoms with Gasteiger partial charge < -0.3 is 14.5 Å². The summed E-state index contributed by atoms with van der Waals surface area (Å²) in [6, 6.07) is 26.6. The number of aromatic amines is 1. The molecule has 182 valence electrons. The molecule has 1 aliphatic rings. The number of carbonyl (C=O) groups is 3. The molecule has 0 radical (unpaired) electrons. The summed E-state index contributed by atoms with van der Waals surface area (Å²) in [5.41, 5.74) is 2.34. The maximum absolute atomic E-state index is 13.6. The van der Waals surface area contributed by atoms with E-state index in [-0.39, 0.29) is 24.5 Å². The van der Waals surface area contributed by atoms with E-state index >= 15 is 0 Å². The third kappa shape index (κ3) is 3.70. The predicted octanol–water partition coefficient (Wildman–Crippen LogP) is 5.39. The molecular formula is C30H27NO5. The average Bonchev–Trinajstić information content (AvgIpc) is 3.33. The molecular weight excluding hydrogens is 454 g/mol. The molecule has 5 rings (SSSR count). The maximum atomic E-state index is 13.6. The number of ether oxygens (including phenoxy) is 2. The number of aromatic nitrogens is 1. The Kier molecular flexibility index (Phi) is 6.18. The topological polar surface area (TPSA) is 85.5 Å². The Hall–Kier alpha value is -4.19. The van der Waals surface area contributed by atoms with Crippen LogP contribution in [0.15, 0.2) is 84.9 Å². The van der Waals surface area contributed by atoms with E-state index in [1.807, 2.05) is 60.7 Å². The van der Waals surface area contributed by atoms with Crippen molar-refractivity contribution in [3.8, 4) is 0 Å². The number of Topliss-reactive ketones (excluding diaryl/α,β-unsaturated/α-hetero) is 1. The van der Waals surface area contributed by atoms with E-state index in [4.69, 9.17) is 9.47 Å². The first-order valence-electron chi connectivity index (χ1n) is 11.9. The standard InChI is InChI=1S/C30H27NO5/c1-35-28(33)30(29(34)36-2)18-22(19-11-5-3-6-12-19)26-21-15-9-10-16-24(21)31-27(26)23(30)17-25(32)20-13-7-4-8-14-20/h3-16,22-23,31H,17-18H2,1-2H3/t22-,23-/m1/s1. The number of para-hydroxylation sites is 1. The summed E-state index contributed by atoms with van der Waals surface area (Å²) in [6.45, 7) is 0. The van der Waals surface area contributed by atoms with Crippen LogP contribution in [0.3, 0.4) is 0 Å². The minimum Gasteiger partial charge on any atom is -0.468 e. The van der Waals surface area contributed by atoms with E-state index in [1.165, 1.54) is 14.2 Å². The zero-order chi connectivity index (χ0) is 25.3. The smallest absolute Gasteiger partial charge is 0.323 e. The molecule has 1 aromatic heterocycles. The van der Waals surface area contributed by atoms with Crippen LogP contribution in [0.5, 0.6) is 0 Å². The molecule has 0 saturated heterocycles. The van der Waals surface area contributed by atoms with Gasteiger partial charge in [0.2, 0.25) is 0 Å². The van der Waals surface area contributed by atoms with Gasteiger partial charge >= 0.3 is 11.9 Å². The second-order valence-electron chi connectivity index (χ2n) is 9.17. The van der Waals surface area contributed by atoms with Gasteiger partial charge in [0.05, 0.1) is 14.2 Å². The van der Waals surface area contributed by atoms with Gasteiger partial charge in [-0.15, -0.1) is 0 Å². The molecule has 0 amide bonds. The van der Waals surface area contributed by atoms with E-state index in [0.717, 1.165) is 22.0 Å². The number of hydrogen-bond donors (Lipinski definition) is 1. The second-order valence-corrected chi connectivity index (χ2v) is 9.17. The molecule has 1 aliphatic carbocycles. The Bertz CT molecular complexity index is 1410. The van der Waals surface area contributed by atoms with Crippen molar-refractivity contribution in [3.05, 3.63) is 107 Å². The maximum Gasteiger partial charge on any atom is 0.323 e. The molecule has 0 aliphatic heterocycles. The van der Waals surface area contributed by atoms with Gasteiger partial charge in [0.15, 0.2) is 11.2 Å². The quantitative estimate of drug-likeness (QED) is 0.227. The Balaban J connectivity index is 1.78.